The van der Waals surface area contributed by atoms with Crippen LogP contribution >= 0.6 is 15.9 Å². The van der Waals surface area contributed by atoms with E-state index < -0.39 is 0 Å². The predicted molar refractivity (Wildman–Crippen MR) is 54.7 cm³/mol. The Morgan fingerprint density at radius 3 is 2.54 bits per heavy atom. The first-order chi connectivity index (χ1) is 6.02. The highest BCUT2D eigenvalue weighted by atomic mass is 79.9. The van der Waals surface area contributed by atoms with E-state index in [1.165, 1.54) is 4.90 Å². The van der Waals surface area contributed by atoms with E-state index in [0.29, 0.717) is 10.2 Å². The smallest absolute Gasteiger partial charge is 0.256 e. The summed E-state index contributed by atoms with van der Waals surface area (Å²) in [6, 6.07) is 3.59. The molecule has 1 rings (SSSR count). The number of halogens is 1. The Morgan fingerprint density at radius 1 is 1.46 bits per heavy atom. The van der Waals surface area contributed by atoms with Gasteiger partial charge < -0.3 is 4.90 Å². The van der Waals surface area contributed by atoms with Gasteiger partial charge >= 0.3 is 0 Å². The molecule has 0 N–H and O–H groups in total. The van der Waals surface area contributed by atoms with Crippen molar-refractivity contribution in [3.8, 4) is 0 Å². The molecule has 0 spiro atoms. The van der Waals surface area contributed by atoms with Crippen molar-refractivity contribution in [1.82, 2.24) is 9.88 Å². The highest BCUT2D eigenvalue weighted by Crippen LogP contribution is 2.15. The molecule has 0 fully saturated rings. The summed E-state index contributed by atoms with van der Waals surface area (Å²) in [4.78, 5) is 17.2. The van der Waals surface area contributed by atoms with E-state index in [1.54, 1.807) is 20.2 Å². The Kier molecular flexibility index (Phi) is 3.03. The molecule has 3 nitrogen and oxygen atoms in total. The Bertz CT molecular complexity index is 336. The van der Waals surface area contributed by atoms with Crippen LogP contribution in [0.1, 0.15) is 16.1 Å². The van der Waals surface area contributed by atoms with E-state index in [2.05, 4.69) is 20.9 Å². The van der Waals surface area contributed by atoms with E-state index in [4.69, 9.17) is 0 Å². The summed E-state index contributed by atoms with van der Waals surface area (Å²) in [5, 5.41) is 0. The average Bonchev–Trinajstić information content (AvgIpc) is 2.03. The summed E-state index contributed by atoms with van der Waals surface area (Å²) in [6.45, 7) is 1.88. The summed E-state index contributed by atoms with van der Waals surface area (Å²) in [5.41, 5.74) is 1.48. The lowest BCUT2D eigenvalue weighted by Crippen LogP contribution is -2.22. The number of rotatable bonds is 1. The summed E-state index contributed by atoms with van der Waals surface area (Å²) < 4.78 is 0.603. The SMILES string of the molecule is Cc1ccc(C(=O)N(C)C)c(Br)n1. The Labute approximate surface area is 85.9 Å². The van der Waals surface area contributed by atoms with Crippen molar-refractivity contribution in [2.24, 2.45) is 0 Å². The van der Waals surface area contributed by atoms with Crippen molar-refractivity contribution in [3.63, 3.8) is 0 Å². The Morgan fingerprint density at radius 2 is 2.08 bits per heavy atom. The molecule has 0 aliphatic rings. The molecule has 4 heteroatoms. The summed E-state index contributed by atoms with van der Waals surface area (Å²) in [5.74, 6) is -0.0422. The molecule has 70 valence electrons. The van der Waals surface area contributed by atoms with Gasteiger partial charge in [0.25, 0.3) is 5.91 Å². The molecule has 0 unspecified atom stereocenters. The number of amides is 1. The first kappa shape index (κ1) is 10.2. The van der Waals surface area contributed by atoms with Crippen LogP contribution in [0, 0.1) is 6.92 Å². The van der Waals surface area contributed by atoms with Crippen LogP contribution in [0.25, 0.3) is 0 Å². The molecular weight excluding hydrogens is 232 g/mol. The lowest BCUT2D eigenvalue weighted by Gasteiger charge is -2.11. The van der Waals surface area contributed by atoms with E-state index in [-0.39, 0.29) is 5.91 Å². The molecule has 1 aromatic rings. The zero-order valence-electron chi connectivity index (χ0n) is 7.84. The Balaban J connectivity index is 3.09. The second-order valence-corrected chi connectivity index (χ2v) is 3.74. The van der Waals surface area contributed by atoms with Crippen LogP contribution in [0.15, 0.2) is 16.7 Å². The second-order valence-electron chi connectivity index (χ2n) is 2.99. The average molecular weight is 243 g/mol. The van der Waals surface area contributed by atoms with Gasteiger partial charge in [0.05, 0.1) is 5.56 Å². The third kappa shape index (κ3) is 2.28. The largest absolute Gasteiger partial charge is 0.345 e. The minimum Gasteiger partial charge on any atom is -0.345 e. The van der Waals surface area contributed by atoms with Crippen LogP contribution in [-0.4, -0.2) is 29.9 Å². The van der Waals surface area contributed by atoms with Crippen LogP contribution in [-0.2, 0) is 0 Å². The molecule has 0 saturated carbocycles. The maximum absolute atomic E-state index is 11.5. The zero-order chi connectivity index (χ0) is 10.0. The topological polar surface area (TPSA) is 33.2 Å². The fourth-order valence-corrected chi connectivity index (χ4v) is 1.51. The highest BCUT2D eigenvalue weighted by molar-refractivity contribution is 9.10. The summed E-state index contributed by atoms with van der Waals surface area (Å²) >= 11 is 3.26. The van der Waals surface area contributed by atoms with Crippen molar-refractivity contribution in [1.29, 1.82) is 0 Å². The van der Waals surface area contributed by atoms with Crippen molar-refractivity contribution < 1.29 is 4.79 Å². The molecule has 1 aromatic heterocycles. The number of carbonyl (C=O) groups is 1. The first-order valence-corrected chi connectivity index (χ1v) is 4.66. The van der Waals surface area contributed by atoms with E-state index in [9.17, 15) is 4.79 Å². The Hall–Kier alpha value is -0.900. The third-order valence-corrected chi connectivity index (χ3v) is 2.23. The second kappa shape index (κ2) is 3.87. The maximum Gasteiger partial charge on any atom is 0.256 e. The molecule has 0 atom stereocenters. The van der Waals surface area contributed by atoms with E-state index in [0.717, 1.165) is 5.69 Å². The van der Waals surface area contributed by atoms with Gasteiger partial charge in [0, 0.05) is 19.8 Å². The van der Waals surface area contributed by atoms with Crippen molar-refractivity contribution in [2.75, 3.05) is 14.1 Å². The van der Waals surface area contributed by atoms with Crippen molar-refractivity contribution >= 4 is 21.8 Å². The third-order valence-electron chi connectivity index (χ3n) is 1.62. The molecular formula is C9H11BrN2O. The van der Waals surface area contributed by atoms with Gasteiger partial charge in [-0.1, -0.05) is 0 Å². The van der Waals surface area contributed by atoms with Crippen LogP contribution in [0.3, 0.4) is 0 Å². The predicted octanol–water partition coefficient (Wildman–Crippen LogP) is 1.85. The van der Waals surface area contributed by atoms with Crippen LogP contribution < -0.4 is 0 Å². The number of hydrogen-bond donors (Lipinski definition) is 0. The number of carbonyl (C=O) groups excluding carboxylic acids is 1. The molecule has 0 radical (unpaired) electrons. The quantitative estimate of drug-likeness (QED) is 0.705. The minimum atomic E-state index is -0.0422. The van der Waals surface area contributed by atoms with Gasteiger partial charge in [0.15, 0.2) is 0 Å². The van der Waals surface area contributed by atoms with Crippen molar-refractivity contribution in [2.45, 2.75) is 6.92 Å². The normalized spacial score (nSPS) is 9.85. The van der Waals surface area contributed by atoms with E-state index in [1.807, 2.05) is 13.0 Å². The van der Waals surface area contributed by atoms with Gasteiger partial charge in [-0.3, -0.25) is 4.79 Å². The van der Waals surface area contributed by atoms with Gasteiger partial charge in [-0.15, -0.1) is 0 Å². The number of nitrogens with zero attached hydrogens (tertiary/aromatic N) is 2. The molecule has 1 heterocycles. The number of aromatic nitrogens is 1. The molecule has 0 aliphatic carbocycles. The highest BCUT2D eigenvalue weighted by Gasteiger charge is 2.12. The molecule has 0 aliphatic heterocycles. The van der Waals surface area contributed by atoms with Gasteiger partial charge in [-0.2, -0.15) is 0 Å². The summed E-state index contributed by atoms with van der Waals surface area (Å²) in [7, 11) is 3.43. The van der Waals surface area contributed by atoms with Crippen LogP contribution in [0.5, 0.6) is 0 Å². The molecule has 0 bridgehead atoms. The molecule has 0 aromatic carbocycles. The molecule has 13 heavy (non-hydrogen) atoms. The number of pyridine rings is 1. The van der Waals surface area contributed by atoms with Crippen LogP contribution in [0.4, 0.5) is 0 Å². The maximum atomic E-state index is 11.5. The zero-order valence-corrected chi connectivity index (χ0v) is 9.42. The fourth-order valence-electron chi connectivity index (χ4n) is 0.925. The number of hydrogen-bond acceptors (Lipinski definition) is 2. The number of aryl methyl sites for hydroxylation is 1. The van der Waals surface area contributed by atoms with Crippen molar-refractivity contribution in [3.05, 3.63) is 28.0 Å². The molecule has 0 saturated heterocycles. The van der Waals surface area contributed by atoms with Gasteiger partial charge in [-0.25, -0.2) is 4.98 Å². The monoisotopic (exact) mass is 242 g/mol. The van der Waals surface area contributed by atoms with Crippen LogP contribution in [0.2, 0.25) is 0 Å². The minimum absolute atomic E-state index is 0.0422. The first-order valence-electron chi connectivity index (χ1n) is 3.87. The fraction of sp³-hybridized carbons (Fsp3) is 0.333. The van der Waals surface area contributed by atoms with E-state index >= 15 is 0 Å². The van der Waals surface area contributed by atoms with Gasteiger partial charge in [0.1, 0.15) is 4.60 Å². The molecule has 1 amide bonds. The standard InChI is InChI=1S/C9H11BrN2O/c1-6-4-5-7(8(10)11-6)9(13)12(2)3/h4-5H,1-3H3. The lowest BCUT2D eigenvalue weighted by molar-refractivity contribution is 0.0826. The van der Waals surface area contributed by atoms with Gasteiger partial charge in [0.2, 0.25) is 0 Å². The van der Waals surface area contributed by atoms with Gasteiger partial charge in [-0.05, 0) is 35.0 Å². The lowest BCUT2D eigenvalue weighted by atomic mass is 10.2. The summed E-state index contributed by atoms with van der Waals surface area (Å²) in [6.07, 6.45) is 0.